The fourth-order valence-electron chi connectivity index (χ4n) is 3.09. The Bertz CT molecular complexity index is 277. The number of carbonyl (C=O) groups is 1. The third kappa shape index (κ3) is 5.41. The summed E-state index contributed by atoms with van der Waals surface area (Å²) in [7, 11) is 0. The largest absolute Gasteiger partial charge is 0.352 e. The molecule has 0 aromatic carbocycles. The molecule has 0 bridgehead atoms. The van der Waals surface area contributed by atoms with Crippen molar-refractivity contribution in [2.75, 3.05) is 19.6 Å². The van der Waals surface area contributed by atoms with E-state index in [4.69, 9.17) is 0 Å². The van der Waals surface area contributed by atoms with Gasteiger partial charge in [-0.15, -0.1) is 0 Å². The summed E-state index contributed by atoms with van der Waals surface area (Å²) in [5.74, 6) is 0.185. The van der Waals surface area contributed by atoms with Gasteiger partial charge in [0, 0.05) is 18.6 Å². The number of nitrogens with one attached hydrogen (secondary N) is 2. The molecule has 118 valence electrons. The highest BCUT2D eigenvalue weighted by molar-refractivity contribution is 5.81. The lowest BCUT2D eigenvalue weighted by Gasteiger charge is -2.38. The van der Waals surface area contributed by atoms with Crippen LogP contribution in [0.2, 0.25) is 0 Å². The number of carbonyl (C=O) groups excluding carboxylic acids is 1. The van der Waals surface area contributed by atoms with E-state index in [2.05, 4.69) is 43.2 Å². The van der Waals surface area contributed by atoms with Gasteiger partial charge in [-0.1, -0.05) is 20.3 Å². The van der Waals surface area contributed by atoms with Gasteiger partial charge in [0.15, 0.2) is 0 Å². The topological polar surface area (TPSA) is 44.4 Å². The van der Waals surface area contributed by atoms with Gasteiger partial charge in [-0.05, 0) is 52.6 Å². The summed E-state index contributed by atoms with van der Waals surface area (Å²) in [6.07, 6.45) is 5.68. The Hall–Kier alpha value is -0.610. The summed E-state index contributed by atoms with van der Waals surface area (Å²) in [5, 5.41) is 6.61. The summed E-state index contributed by atoms with van der Waals surface area (Å²) in [6, 6.07) is 0.757. The van der Waals surface area contributed by atoms with E-state index in [-0.39, 0.29) is 18.0 Å². The molecule has 0 radical (unpaired) electrons. The summed E-state index contributed by atoms with van der Waals surface area (Å²) >= 11 is 0. The van der Waals surface area contributed by atoms with Crippen LogP contribution in [0.5, 0.6) is 0 Å². The van der Waals surface area contributed by atoms with E-state index in [9.17, 15) is 4.79 Å². The molecule has 1 aliphatic rings. The van der Waals surface area contributed by atoms with Crippen molar-refractivity contribution in [2.45, 2.75) is 77.9 Å². The Balaban J connectivity index is 2.57. The highest BCUT2D eigenvalue weighted by atomic mass is 16.2. The van der Waals surface area contributed by atoms with Crippen LogP contribution in [0.3, 0.4) is 0 Å². The maximum atomic E-state index is 12.4. The van der Waals surface area contributed by atoms with Gasteiger partial charge < -0.3 is 10.6 Å². The van der Waals surface area contributed by atoms with Gasteiger partial charge >= 0.3 is 0 Å². The van der Waals surface area contributed by atoms with Crippen LogP contribution in [0.25, 0.3) is 0 Å². The minimum atomic E-state index is -0.0286. The van der Waals surface area contributed by atoms with Crippen molar-refractivity contribution >= 4 is 5.91 Å². The van der Waals surface area contributed by atoms with Gasteiger partial charge in [0.1, 0.15) is 0 Å². The SMILES string of the molecule is CCCC(C)NC(=O)C(C)N(CCC)C1CCCNC1. The van der Waals surface area contributed by atoms with E-state index < -0.39 is 0 Å². The van der Waals surface area contributed by atoms with E-state index in [1.807, 2.05) is 0 Å². The zero-order valence-corrected chi connectivity index (χ0v) is 13.7. The lowest BCUT2D eigenvalue weighted by atomic mass is 10.0. The highest BCUT2D eigenvalue weighted by Crippen LogP contribution is 2.15. The zero-order chi connectivity index (χ0) is 15.0. The molecule has 4 nitrogen and oxygen atoms in total. The summed E-state index contributed by atoms with van der Waals surface area (Å²) in [6.45, 7) is 11.6. The second-order valence-corrected chi connectivity index (χ2v) is 6.11. The van der Waals surface area contributed by atoms with Gasteiger partial charge in [0.25, 0.3) is 0 Å². The number of rotatable bonds is 8. The highest BCUT2D eigenvalue weighted by Gasteiger charge is 2.28. The number of amides is 1. The first kappa shape index (κ1) is 17.4. The first-order chi connectivity index (χ1) is 9.60. The van der Waals surface area contributed by atoms with Gasteiger partial charge in [-0.25, -0.2) is 0 Å². The molecule has 3 atom stereocenters. The van der Waals surface area contributed by atoms with Crippen LogP contribution in [0.15, 0.2) is 0 Å². The van der Waals surface area contributed by atoms with Crippen molar-refractivity contribution in [2.24, 2.45) is 0 Å². The Morgan fingerprint density at radius 3 is 2.65 bits per heavy atom. The van der Waals surface area contributed by atoms with Gasteiger partial charge in [0.05, 0.1) is 6.04 Å². The lowest BCUT2D eigenvalue weighted by molar-refractivity contribution is -0.127. The molecule has 3 unspecified atom stereocenters. The Kier molecular flexibility index (Phi) is 8.15. The average molecular weight is 283 g/mol. The van der Waals surface area contributed by atoms with Crippen molar-refractivity contribution in [1.82, 2.24) is 15.5 Å². The van der Waals surface area contributed by atoms with Gasteiger partial charge in [-0.3, -0.25) is 9.69 Å². The fourth-order valence-corrected chi connectivity index (χ4v) is 3.09. The normalized spacial score (nSPS) is 22.6. The van der Waals surface area contributed by atoms with Crippen LogP contribution in [0.4, 0.5) is 0 Å². The molecule has 2 N–H and O–H groups in total. The van der Waals surface area contributed by atoms with Crippen molar-refractivity contribution in [3.05, 3.63) is 0 Å². The minimum absolute atomic E-state index is 0.0286. The molecule has 0 spiro atoms. The smallest absolute Gasteiger partial charge is 0.237 e. The fraction of sp³-hybridized carbons (Fsp3) is 0.938. The van der Waals surface area contributed by atoms with E-state index in [0.717, 1.165) is 38.9 Å². The molecule has 0 aromatic rings. The van der Waals surface area contributed by atoms with Gasteiger partial charge in [-0.2, -0.15) is 0 Å². The van der Waals surface area contributed by atoms with Crippen molar-refractivity contribution in [3.63, 3.8) is 0 Å². The summed E-state index contributed by atoms with van der Waals surface area (Å²) in [4.78, 5) is 14.8. The summed E-state index contributed by atoms with van der Waals surface area (Å²) in [5.41, 5.74) is 0. The van der Waals surface area contributed by atoms with Crippen LogP contribution in [-0.4, -0.2) is 48.6 Å². The molecule has 1 amide bonds. The first-order valence-electron chi connectivity index (χ1n) is 8.36. The molecule has 1 fully saturated rings. The number of hydrogen-bond acceptors (Lipinski definition) is 3. The zero-order valence-electron chi connectivity index (χ0n) is 13.7. The molecule has 0 saturated carbocycles. The van der Waals surface area contributed by atoms with Crippen LogP contribution in [0, 0.1) is 0 Å². The first-order valence-corrected chi connectivity index (χ1v) is 8.36. The Labute approximate surface area is 124 Å². The monoisotopic (exact) mass is 283 g/mol. The van der Waals surface area contributed by atoms with E-state index >= 15 is 0 Å². The molecule has 0 aromatic heterocycles. The van der Waals surface area contributed by atoms with Crippen LogP contribution < -0.4 is 10.6 Å². The van der Waals surface area contributed by atoms with E-state index in [0.29, 0.717) is 6.04 Å². The van der Waals surface area contributed by atoms with E-state index in [1.165, 1.54) is 12.8 Å². The molecule has 4 heteroatoms. The van der Waals surface area contributed by atoms with Crippen molar-refractivity contribution in [1.29, 1.82) is 0 Å². The second-order valence-electron chi connectivity index (χ2n) is 6.11. The molecule has 1 aliphatic heterocycles. The third-order valence-corrected chi connectivity index (χ3v) is 4.21. The van der Waals surface area contributed by atoms with Crippen LogP contribution in [-0.2, 0) is 4.79 Å². The molecule has 20 heavy (non-hydrogen) atoms. The van der Waals surface area contributed by atoms with Crippen LogP contribution >= 0.6 is 0 Å². The third-order valence-electron chi connectivity index (χ3n) is 4.21. The summed E-state index contributed by atoms with van der Waals surface area (Å²) < 4.78 is 0. The predicted molar refractivity (Wildman–Crippen MR) is 84.9 cm³/mol. The van der Waals surface area contributed by atoms with E-state index in [1.54, 1.807) is 0 Å². The number of hydrogen-bond donors (Lipinski definition) is 2. The Morgan fingerprint density at radius 1 is 1.35 bits per heavy atom. The maximum Gasteiger partial charge on any atom is 0.237 e. The quantitative estimate of drug-likeness (QED) is 0.717. The molecule has 0 aliphatic carbocycles. The minimum Gasteiger partial charge on any atom is -0.352 e. The van der Waals surface area contributed by atoms with Crippen molar-refractivity contribution < 1.29 is 4.79 Å². The van der Waals surface area contributed by atoms with Crippen LogP contribution in [0.1, 0.15) is 59.8 Å². The maximum absolute atomic E-state index is 12.4. The Morgan fingerprint density at radius 2 is 2.10 bits per heavy atom. The lowest BCUT2D eigenvalue weighted by Crippen LogP contribution is -2.55. The number of nitrogens with zero attached hydrogens (tertiary/aromatic N) is 1. The van der Waals surface area contributed by atoms with Gasteiger partial charge in [0.2, 0.25) is 5.91 Å². The number of piperidine rings is 1. The molecule has 1 heterocycles. The van der Waals surface area contributed by atoms with Crippen molar-refractivity contribution in [3.8, 4) is 0 Å². The average Bonchev–Trinajstić information content (AvgIpc) is 2.45. The molecular weight excluding hydrogens is 250 g/mol. The second kappa shape index (κ2) is 9.35. The molecule has 1 saturated heterocycles. The molecular formula is C16H33N3O. The standard InChI is InChI=1S/C16H33N3O/c1-5-8-13(3)18-16(20)14(4)19(11-6-2)15-9-7-10-17-12-15/h13-15,17H,5-12H2,1-4H3,(H,18,20). The molecule has 1 rings (SSSR count). The predicted octanol–water partition coefficient (Wildman–Crippen LogP) is 2.14.